The minimum atomic E-state index is -1.92. The molecular weight excluding hydrogens is 1380 g/mol. The zero-order valence-electron chi connectivity index (χ0n) is 58.8. The van der Waals surface area contributed by atoms with Gasteiger partial charge >= 0.3 is 11.9 Å². The van der Waals surface area contributed by atoms with Gasteiger partial charge in [0.2, 0.25) is 82.7 Å². The second-order valence-electron chi connectivity index (χ2n) is 24.6. The molecule has 13 atom stereocenters. The molecule has 1 saturated heterocycles. The highest BCUT2D eigenvalue weighted by molar-refractivity contribution is 7.98. The average Bonchev–Trinajstić information content (AvgIpc) is 1.82. The predicted molar refractivity (Wildman–Crippen MR) is 371 cm³/mol. The number of carboxylic acids is 2. The van der Waals surface area contributed by atoms with Crippen LogP contribution in [0.2, 0.25) is 0 Å². The molecule has 0 aliphatic carbocycles. The molecule has 0 spiro atoms. The first-order valence-corrected chi connectivity index (χ1v) is 34.7. The number of hydrogen-bond donors (Lipinski definition) is 22. The van der Waals surface area contributed by atoms with Gasteiger partial charge in [0, 0.05) is 26.2 Å². The number of unbranched alkanes of at least 4 members (excludes halogenated alkanes) is 1. The van der Waals surface area contributed by atoms with Crippen LogP contribution in [0.4, 0.5) is 0 Å². The summed E-state index contributed by atoms with van der Waals surface area (Å²) in [6.45, 7) is 4.68. The number of aliphatic hydroxyl groups is 2. The van der Waals surface area contributed by atoms with Gasteiger partial charge in [0.1, 0.15) is 72.5 Å². The molecule has 43 heteroatoms. The number of aliphatic imine (C=N–C) groups is 2. The van der Waals surface area contributed by atoms with Gasteiger partial charge in [-0.05, 0) is 109 Å². The minimum absolute atomic E-state index is 0.000462. The first-order chi connectivity index (χ1) is 48.3. The number of hydrogen-bond acceptors (Lipinski definition) is 23. The van der Waals surface area contributed by atoms with Crippen LogP contribution in [0.5, 0.6) is 0 Å². The number of aliphatic hydroxyl groups excluding tert-OH is 2. The summed E-state index contributed by atoms with van der Waals surface area (Å²) in [7, 11) is 0. The van der Waals surface area contributed by atoms with Gasteiger partial charge in [0.15, 0.2) is 11.9 Å². The van der Waals surface area contributed by atoms with Crippen molar-refractivity contribution in [3.63, 3.8) is 0 Å². The molecule has 0 unspecified atom stereocenters. The highest BCUT2D eigenvalue weighted by Gasteiger charge is 2.42. The van der Waals surface area contributed by atoms with Crippen molar-refractivity contribution in [1.82, 2.24) is 63.0 Å². The molecule has 1 heterocycles. The Morgan fingerprint density at radius 3 is 1.52 bits per heavy atom. The third-order valence-electron chi connectivity index (χ3n) is 15.7. The van der Waals surface area contributed by atoms with E-state index in [-0.39, 0.29) is 109 Å². The van der Waals surface area contributed by atoms with Crippen LogP contribution in [0.1, 0.15) is 125 Å². The largest absolute Gasteiger partial charge is 0.481 e. The van der Waals surface area contributed by atoms with Gasteiger partial charge in [0.25, 0.3) is 0 Å². The first kappa shape index (κ1) is 91.3. The van der Waals surface area contributed by atoms with E-state index in [0.29, 0.717) is 12.2 Å². The molecule has 0 bridgehead atoms. The summed E-state index contributed by atoms with van der Waals surface area (Å²) in [5.74, 6) is -18.6. The number of carboxylic acid groups (broad SMARTS) is 2. The van der Waals surface area contributed by atoms with Crippen molar-refractivity contribution in [3.8, 4) is 0 Å². The number of thioether (sulfide) groups is 1. The van der Waals surface area contributed by atoms with E-state index in [1.165, 1.54) is 39.5 Å². The monoisotopic (exact) mass is 1490 g/mol. The van der Waals surface area contributed by atoms with E-state index in [4.69, 9.17) is 45.9 Å². The molecule has 30 N–H and O–H groups in total. The quantitative estimate of drug-likeness (QED) is 0.0153. The number of carbonyl (C=O) groups is 16. The number of amides is 14. The number of primary amides is 2. The van der Waals surface area contributed by atoms with E-state index in [1.807, 2.05) is 0 Å². The van der Waals surface area contributed by atoms with Crippen LogP contribution in [0.15, 0.2) is 9.98 Å². The van der Waals surface area contributed by atoms with E-state index in [2.05, 4.69) is 63.2 Å². The van der Waals surface area contributed by atoms with Crippen LogP contribution in [0, 0.1) is 5.92 Å². The fraction of sp³-hybridized carbons (Fsp3) is 0.700. The lowest BCUT2D eigenvalue weighted by atomic mass is 10.0. The number of nitrogens with two attached hydrogens (primary N) is 8. The Balaban J connectivity index is 3.45. The molecule has 1 aliphatic heterocycles. The lowest BCUT2D eigenvalue weighted by molar-refractivity contribution is -0.152. The molecule has 0 aromatic heterocycles. The van der Waals surface area contributed by atoms with Crippen LogP contribution >= 0.6 is 11.8 Å². The number of nitrogens with zero attached hydrogens (tertiary/aromatic N) is 4. The van der Waals surface area contributed by atoms with Gasteiger partial charge in [-0.1, -0.05) is 20.8 Å². The number of carbonyl (C=O) groups excluding carboxylic acids is 14. The maximum absolute atomic E-state index is 14.3. The van der Waals surface area contributed by atoms with E-state index in [0.717, 1.165) is 9.80 Å². The van der Waals surface area contributed by atoms with Gasteiger partial charge in [0.05, 0.1) is 38.5 Å². The molecular formula is C60H106N22O20S. The highest BCUT2D eigenvalue weighted by Crippen LogP contribution is 2.21. The molecule has 0 aromatic rings. The first-order valence-electron chi connectivity index (χ1n) is 33.3. The Kier molecular flexibility index (Phi) is 42.0. The minimum Gasteiger partial charge on any atom is -0.481 e. The summed E-state index contributed by atoms with van der Waals surface area (Å²) >= 11 is 1.35. The van der Waals surface area contributed by atoms with Crippen LogP contribution in [-0.2, 0) is 76.7 Å². The summed E-state index contributed by atoms with van der Waals surface area (Å²) < 4.78 is 0. The van der Waals surface area contributed by atoms with E-state index in [9.17, 15) is 97.1 Å². The van der Waals surface area contributed by atoms with Crippen LogP contribution in [-0.4, -0.2) is 273 Å². The molecule has 42 nitrogen and oxygen atoms in total. The molecule has 0 radical (unpaired) electrons. The Morgan fingerprint density at radius 1 is 0.583 bits per heavy atom. The van der Waals surface area contributed by atoms with E-state index < -0.39 is 212 Å². The average molecular weight is 1490 g/mol. The lowest BCUT2D eigenvalue weighted by Crippen LogP contribution is -2.60. The normalized spacial score (nSPS) is 16.0. The summed E-state index contributed by atoms with van der Waals surface area (Å²) in [6.07, 6.45) is -1.66. The van der Waals surface area contributed by atoms with Crippen molar-refractivity contribution in [2.24, 2.45) is 61.8 Å². The Bertz CT molecular complexity index is 2990. The highest BCUT2D eigenvalue weighted by atomic mass is 32.2. The summed E-state index contributed by atoms with van der Waals surface area (Å²) in [5.41, 5.74) is 44.2. The Hall–Kier alpha value is -9.75. The van der Waals surface area contributed by atoms with Crippen molar-refractivity contribution in [1.29, 1.82) is 0 Å². The summed E-state index contributed by atoms with van der Waals surface area (Å²) in [5, 5.41) is 63.9. The second kappa shape index (κ2) is 47.4. The molecule has 0 saturated carbocycles. The molecule has 1 aliphatic rings. The van der Waals surface area contributed by atoms with Crippen LogP contribution < -0.4 is 99.0 Å². The Labute approximate surface area is 599 Å². The lowest BCUT2D eigenvalue weighted by Gasteiger charge is -2.32. The van der Waals surface area contributed by atoms with Crippen molar-refractivity contribution in [3.05, 3.63) is 0 Å². The maximum Gasteiger partial charge on any atom is 0.326 e. The third kappa shape index (κ3) is 33.7. The number of rotatable bonds is 50. The van der Waals surface area contributed by atoms with Crippen molar-refractivity contribution >= 4 is 118 Å². The van der Waals surface area contributed by atoms with Gasteiger partial charge in [-0.25, -0.2) is 4.79 Å². The van der Waals surface area contributed by atoms with E-state index >= 15 is 0 Å². The number of likely N-dealkylation sites (tertiary alicyclic amines) is 1. The molecule has 14 amide bonds. The van der Waals surface area contributed by atoms with Gasteiger partial charge in [-0.2, -0.15) is 11.8 Å². The summed E-state index contributed by atoms with van der Waals surface area (Å²) in [6, 6.07) is -18.8. The maximum atomic E-state index is 14.3. The summed E-state index contributed by atoms with van der Waals surface area (Å²) in [4.78, 5) is 223. The number of guanidine groups is 2. The second-order valence-corrected chi connectivity index (χ2v) is 25.6. The topological polar surface area (TPSA) is 714 Å². The zero-order chi connectivity index (χ0) is 78.4. The standard InChI is InChI=1S/C60H106N22O20S/c1-7-21-81(40(58(101)102)26-42(63)86)56(99)30(4)72-55(98)46(29(2)3)80-52(95)36(25-44(88)89)78-53(96)39-16-12-22-82(39)57(100)37(24-41(62)85)73-43(87)27-71-47(90)38(28-83)79-50(93)34(15-11-20-70-60(67)68)75-48(91)32(13-8-9-18-61)74-49(92)33(14-10-19-69-59(65)66)76-51(94)35(17-23-103-6)77-54(97)45(64)31(5)84/h29-40,45-46,83-84H,7-28,61,64H2,1-6H3,(H2,62,85)(H2,63,86)(H,71,90)(H,72,98)(H,73,87)(H,74,92)(H,75,91)(H,76,94)(H,77,97)(H,78,96)(H,79,93)(H,80,95)(H,88,89)(H,101,102)(H4,65,66,69)(H4,67,68,70)/t30-,31+,32-,33-,34-,35-,36-,37-,38-,39-,40-,45-,46-/m0/s1. The number of aliphatic carboxylic acids is 2. The molecule has 103 heavy (non-hydrogen) atoms. The fourth-order valence-corrected chi connectivity index (χ4v) is 10.7. The fourth-order valence-electron chi connectivity index (χ4n) is 10.3. The van der Waals surface area contributed by atoms with Gasteiger partial charge in [-0.15, -0.1) is 0 Å². The van der Waals surface area contributed by atoms with E-state index in [1.54, 1.807) is 13.2 Å². The molecule has 1 fully saturated rings. The third-order valence-corrected chi connectivity index (χ3v) is 16.4. The van der Waals surface area contributed by atoms with Crippen LogP contribution in [0.25, 0.3) is 0 Å². The van der Waals surface area contributed by atoms with Gasteiger partial charge in [-0.3, -0.25) is 81.9 Å². The SMILES string of the molecule is CCCN(C(=O)[C@H](C)NC(=O)[C@@H](NC(=O)[C@H](CC(=O)O)NC(=O)[C@@H]1CCCN1C(=O)[C@H](CC(N)=O)NC(=O)CNC(=O)[C@H](CO)NC(=O)[C@H](CCCN=C(N)N)NC(=O)[C@H](CCCCN)NC(=O)[C@H](CCCN=C(N)N)NC(=O)[C@H](CCSC)NC(=O)[C@@H](N)[C@@H](C)O)C(C)C)[C@@H](CC(N)=O)C(=O)O. The van der Waals surface area contributed by atoms with Crippen molar-refractivity contribution in [2.75, 3.05) is 57.9 Å². The van der Waals surface area contributed by atoms with Crippen molar-refractivity contribution in [2.45, 2.75) is 203 Å². The van der Waals surface area contributed by atoms with Gasteiger partial charge < -0.3 is 129 Å². The smallest absolute Gasteiger partial charge is 0.326 e. The number of nitrogens with one attached hydrogen (secondary N) is 10. The molecule has 0 aromatic carbocycles. The Morgan fingerprint density at radius 2 is 1.08 bits per heavy atom. The zero-order valence-corrected chi connectivity index (χ0v) is 59.6. The predicted octanol–water partition coefficient (Wildman–Crippen LogP) is -10.3. The van der Waals surface area contributed by atoms with Crippen molar-refractivity contribution < 1.29 is 97.1 Å². The molecule has 582 valence electrons. The molecule has 1 rings (SSSR count). The van der Waals surface area contributed by atoms with Crippen LogP contribution in [0.3, 0.4) is 0 Å².